The number of anilines is 1. The number of nitrogens with one attached hydrogen (secondary N) is 1. The van der Waals surface area contributed by atoms with Gasteiger partial charge < -0.3 is 4.42 Å². The van der Waals surface area contributed by atoms with Crippen LogP contribution in [0.15, 0.2) is 50.0 Å². The molecule has 3 aromatic rings. The van der Waals surface area contributed by atoms with Crippen molar-refractivity contribution in [3.05, 3.63) is 46.1 Å². The van der Waals surface area contributed by atoms with Crippen molar-refractivity contribution in [3.8, 4) is 11.3 Å². The van der Waals surface area contributed by atoms with Crippen LogP contribution in [0.3, 0.4) is 0 Å². The first kappa shape index (κ1) is 16.4. The van der Waals surface area contributed by atoms with E-state index < -0.39 is 0 Å². The second-order valence-electron chi connectivity index (χ2n) is 6.08. The highest BCUT2D eigenvalue weighted by atomic mass is 32.1. The number of fused-ring (bicyclic) bond motifs is 1. The van der Waals surface area contributed by atoms with Crippen LogP contribution < -0.4 is 11.1 Å². The number of rotatable bonds is 5. The van der Waals surface area contributed by atoms with E-state index in [0.29, 0.717) is 27.9 Å². The molecule has 0 amide bonds. The summed E-state index contributed by atoms with van der Waals surface area (Å²) in [6, 6.07) is 9.25. The molecule has 0 atom stereocenters. The second-order valence-corrected chi connectivity index (χ2v) is 6.94. The first-order valence-corrected chi connectivity index (χ1v) is 8.69. The number of hydrogen-bond donors (Lipinski definition) is 1. The van der Waals surface area contributed by atoms with Gasteiger partial charge in [-0.25, -0.2) is 9.78 Å². The molecule has 5 nitrogen and oxygen atoms in total. The van der Waals surface area contributed by atoms with Gasteiger partial charge in [0, 0.05) is 16.5 Å². The van der Waals surface area contributed by atoms with Gasteiger partial charge in [-0.3, -0.25) is 5.43 Å². The Labute approximate surface area is 144 Å². The SMILES string of the molecule is CC(CC(C)C)=NNc1nc(-c2cc3ccccc3oc2=O)cs1. The molecule has 0 radical (unpaired) electrons. The van der Waals surface area contributed by atoms with Crippen molar-refractivity contribution in [2.24, 2.45) is 11.0 Å². The van der Waals surface area contributed by atoms with Crippen molar-refractivity contribution in [3.63, 3.8) is 0 Å². The second kappa shape index (κ2) is 6.97. The molecule has 0 unspecified atom stereocenters. The Morgan fingerprint density at radius 2 is 2.17 bits per heavy atom. The average Bonchev–Trinajstić information content (AvgIpc) is 3.00. The first-order valence-electron chi connectivity index (χ1n) is 7.81. The molecule has 2 aromatic heterocycles. The Morgan fingerprint density at radius 3 is 2.96 bits per heavy atom. The van der Waals surface area contributed by atoms with Gasteiger partial charge >= 0.3 is 5.63 Å². The topological polar surface area (TPSA) is 67.5 Å². The predicted molar refractivity (Wildman–Crippen MR) is 99.8 cm³/mol. The van der Waals surface area contributed by atoms with Crippen LogP contribution in [0.4, 0.5) is 5.13 Å². The number of nitrogens with zero attached hydrogens (tertiary/aromatic N) is 2. The summed E-state index contributed by atoms with van der Waals surface area (Å²) < 4.78 is 5.36. The largest absolute Gasteiger partial charge is 0.422 e. The first-order chi connectivity index (χ1) is 11.5. The van der Waals surface area contributed by atoms with E-state index in [-0.39, 0.29) is 5.63 Å². The highest BCUT2D eigenvalue weighted by Gasteiger charge is 2.11. The quantitative estimate of drug-likeness (QED) is 0.413. The molecular weight excluding hydrogens is 322 g/mol. The summed E-state index contributed by atoms with van der Waals surface area (Å²) in [4.78, 5) is 16.6. The van der Waals surface area contributed by atoms with E-state index in [4.69, 9.17) is 4.42 Å². The molecule has 2 heterocycles. The van der Waals surface area contributed by atoms with Gasteiger partial charge in [-0.1, -0.05) is 32.0 Å². The Morgan fingerprint density at radius 1 is 1.38 bits per heavy atom. The van der Waals surface area contributed by atoms with Crippen LogP contribution >= 0.6 is 11.3 Å². The van der Waals surface area contributed by atoms with E-state index in [2.05, 4.69) is 29.4 Å². The number of benzene rings is 1. The van der Waals surface area contributed by atoms with Crippen LogP contribution in [0.2, 0.25) is 0 Å². The summed E-state index contributed by atoms with van der Waals surface area (Å²) in [7, 11) is 0. The summed E-state index contributed by atoms with van der Waals surface area (Å²) in [5.41, 5.74) is 5.23. The maximum absolute atomic E-state index is 12.2. The molecule has 1 N–H and O–H groups in total. The third-order valence-corrected chi connectivity index (χ3v) is 4.21. The minimum atomic E-state index is -0.384. The fraction of sp³-hybridized carbons (Fsp3) is 0.278. The van der Waals surface area contributed by atoms with Gasteiger partial charge in [-0.15, -0.1) is 11.3 Å². The highest BCUT2D eigenvalue weighted by molar-refractivity contribution is 7.14. The van der Waals surface area contributed by atoms with Crippen LogP contribution in [-0.4, -0.2) is 10.7 Å². The van der Waals surface area contributed by atoms with Gasteiger partial charge in [0.05, 0.1) is 11.3 Å². The summed E-state index contributed by atoms with van der Waals surface area (Å²) in [6.07, 6.45) is 0.930. The van der Waals surface area contributed by atoms with Gasteiger partial charge in [-0.05, 0) is 31.4 Å². The lowest BCUT2D eigenvalue weighted by Gasteiger charge is -2.03. The number of hydrazone groups is 1. The van der Waals surface area contributed by atoms with Crippen molar-refractivity contribution < 1.29 is 4.42 Å². The molecule has 0 aliphatic heterocycles. The third-order valence-electron chi connectivity index (χ3n) is 3.47. The fourth-order valence-corrected chi connectivity index (χ4v) is 3.12. The minimum absolute atomic E-state index is 0.384. The van der Waals surface area contributed by atoms with Gasteiger partial charge in [-0.2, -0.15) is 5.10 Å². The van der Waals surface area contributed by atoms with Crippen molar-refractivity contribution in [2.75, 3.05) is 5.43 Å². The van der Waals surface area contributed by atoms with E-state index in [9.17, 15) is 4.79 Å². The smallest absolute Gasteiger partial charge is 0.345 e. The average molecular weight is 341 g/mol. The molecule has 24 heavy (non-hydrogen) atoms. The molecule has 0 bridgehead atoms. The van der Waals surface area contributed by atoms with Crippen LogP contribution in [0, 0.1) is 5.92 Å². The molecule has 1 aromatic carbocycles. The van der Waals surface area contributed by atoms with E-state index >= 15 is 0 Å². The number of thiazole rings is 1. The van der Waals surface area contributed by atoms with Crippen LogP contribution in [-0.2, 0) is 0 Å². The monoisotopic (exact) mass is 341 g/mol. The van der Waals surface area contributed by atoms with Crippen molar-refractivity contribution in [1.29, 1.82) is 0 Å². The number of para-hydroxylation sites is 1. The van der Waals surface area contributed by atoms with Gasteiger partial charge in [0.15, 0.2) is 0 Å². The van der Waals surface area contributed by atoms with Crippen LogP contribution in [0.1, 0.15) is 27.2 Å². The van der Waals surface area contributed by atoms with E-state index in [1.54, 1.807) is 6.07 Å². The number of aromatic nitrogens is 1. The molecule has 0 saturated heterocycles. The van der Waals surface area contributed by atoms with Crippen molar-refractivity contribution in [2.45, 2.75) is 27.2 Å². The summed E-state index contributed by atoms with van der Waals surface area (Å²) in [6.45, 7) is 6.29. The molecule has 0 aliphatic carbocycles. The lowest BCUT2D eigenvalue weighted by atomic mass is 10.1. The third kappa shape index (κ3) is 3.71. The van der Waals surface area contributed by atoms with Gasteiger partial charge in [0.1, 0.15) is 5.58 Å². The molecule has 124 valence electrons. The predicted octanol–water partition coefficient (Wildman–Crippen LogP) is 4.75. The molecule has 3 rings (SSSR count). The summed E-state index contributed by atoms with van der Waals surface area (Å²) >= 11 is 1.41. The van der Waals surface area contributed by atoms with E-state index in [1.165, 1.54) is 11.3 Å². The Hall–Kier alpha value is -2.47. The Kier molecular flexibility index (Phi) is 4.76. The van der Waals surface area contributed by atoms with Gasteiger partial charge in [0.2, 0.25) is 5.13 Å². The number of hydrogen-bond acceptors (Lipinski definition) is 6. The van der Waals surface area contributed by atoms with Crippen molar-refractivity contribution >= 4 is 33.1 Å². The zero-order chi connectivity index (χ0) is 17.1. The fourth-order valence-electron chi connectivity index (χ4n) is 2.47. The van der Waals surface area contributed by atoms with Crippen LogP contribution in [0.25, 0.3) is 22.2 Å². The molecule has 0 fully saturated rings. The summed E-state index contributed by atoms with van der Waals surface area (Å²) in [5, 5.41) is 7.69. The lowest BCUT2D eigenvalue weighted by molar-refractivity contribution is 0.563. The highest BCUT2D eigenvalue weighted by Crippen LogP contribution is 2.25. The maximum Gasteiger partial charge on any atom is 0.345 e. The standard InChI is InChI=1S/C18H19N3O2S/c1-11(2)8-12(3)20-21-18-19-15(10-24-18)14-9-13-6-4-5-7-16(13)23-17(14)22/h4-7,9-11H,8H2,1-3H3,(H,19,21). The normalized spacial score (nSPS) is 12.1. The zero-order valence-electron chi connectivity index (χ0n) is 13.9. The lowest BCUT2D eigenvalue weighted by Crippen LogP contribution is -2.03. The molecule has 0 aliphatic rings. The summed E-state index contributed by atoms with van der Waals surface area (Å²) in [5.74, 6) is 0.560. The van der Waals surface area contributed by atoms with E-state index in [1.807, 2.05) is 36.6 Å². The molecule has 6 heteroatoms. The Balaban J connectivity index is 1.85. The molecular formula is C18H19N3O2S. The molecule has 0 saturated carbocycles. The maximum atomic E-state index is 12.2. The van der Waals surface area contributed by atoms with Gasteiger partial charge in [0.25, 0.3) is 0 Å². The molecule has 0 spiro atoms. The van der Waals surface area contributed by atoms with Crippen LogP contribution in [0.5, 0.6) is 0 Å². The zero-order valence-corrected chi connectivity index (χ0v) is 14.7. The van der Waals surface area contributed by atoms with E-state index in [0.717, 1.165) is 17.5 Å². The Bertz CT molecular complexity index is 941. The minimum Gasteiger partial charge on any atom is -0.422 e. The van der Waals surface area contributed by atoms with Crippen molar-refractivity contribution in [1.82, 2.24) is 4.98 Å².